The number of rotatable bonds is 4. The van der Waals surface area contributed by atoms with E-state index < -0.39 is 0 Å². The molecule has 2 aromatic carbocycles. The summed E-state index contributed by atoms with van der Waals surface area (Å²) in [5.41, 5.74) is 1.88. The Kier molecular flexibility index (Phi) is 4.72. The molecule has 100 valence electrons. The van der Waals surface area contributed by atoms with E-state index in [9.17, 15) is 9.59 Å². The maximum absolute atomic E-state index is 11.1. The fraction of sp³-hybridized carbons (Fsp3) is 0. The first-order valence-corrected chi connectivity index (χ1v) is 6.58. The molecule has 0 atom stereocenters. The van der Waals surface area contributed by atoms with Gasteiger partial charge in [-0.1, -0.05) is 53.5 Å². The van der Waals surface area contributed by atoms with Crippen LogP contribution in [0.5, 0.6) is 0 Å². The molecule has 0 unspecified atom stereocenters. The summed E-state index contributed by atoms with van der Waals surface area (Å²) in [6, 6.07) is 13.9. The van der Waals surface area contributed by atoms with Crippen molar-refractivity contribution in [1.82, 2.24) is 0 Å². The summed E-state index contributed by atoms with van der Waals surface area (Å²) < 4.78 is 0. The Labute approximate surface area is 126 Å². The van der Waals surface area contributed by atoms with Gasteiger partial charge in [0.2, 0.25) is 0 Å². The van der Waals surface area contributed by atoms with Crippen molar-refractivity contribution in [2.24, 2.45) is 0 Å². The lowest BCUT2D eigenvalue weighted by Crippen LogP contribution is -1.98. The molecule has 20 heavy (non-hydrogen) atoms. The summed E-state index contributed by atoms with van der Waals surface area (Å²) in [6.07, 6.45) is 1.06. The first-order valence-electron chi connectivity index (χ1n) is 5.83. The third-order valence-electron chi connectivity index (χ3n) is 2.82. The lowest BCUT2D eigenvalue weighted by atomic mass is 9.94. The second-order valence-corrected chi connectivity index (χ2v) is 4.90. The van der Waals surface area contributed by atoms with Crippen LogP contribution in [0.1, 0.15) is 11.1 Å². The fourth-order valence-electron chi connectivity index (χ4n) is 1.90. The van der Waals surface area contributed by atoms with Gasteiger partial charge in [0.25, 0.3) is 0 Å². The number of hydrogen-bond donors (Lipinski definition) is 0. The van der Waals surface area contributed by atoms with E-state index in [1.165, 1.54) is 0 Å². The van der Waals surface area contributed by atoms with Crippen LogP contribution in [0, 0.1) is 0 Å². The number of carbonyl (C=O) groups is 2. The molecule has 0 spiro atoms. The van der Waals surface area contributed by atoms with Gasteiger partial charge in [-0.2, -0.15) is 0 Å². The predicted molar refractivity (Wildman–Crippen MR) is 81.1 cm³/mol. The number of halogens is 2. The van der Waals surface area contributed by atoms with Gasteiger partial charge >= 0.3 is 0 Å². The fourth-order valence-corrected chi connectivity index (χ4v) is 2.26. The highest BCUT2D eigenvalue weighted by Crippen LogP contribution is 2.31. The Morgan fingerprint density at radius 2 is 1.45 bits per heavy atom. The van der Waals surface area contributed by atoms with Crippen LogP contribution in [0.3, 0.4) is 0 Å². The Balaban J connectivity index is 2.72. The normalized spacial score (nSPS) is 9.90. The number of allylic oxidation sites excluding steroid dienone is 1. The molecule has 0 aromatic heterocycles. The highest BCUT2D eigenvalue weighted by molar-refractivity contribution is 6.33. The molecule has 0 radical (unpaired) electrons. The highest BCUT2D eigenvalue weighted by Gasteiger charge is 2.14. The van der Waals surface area contributed by atoms with Crippen LogP contribution in [-0.4, -0.2) is 12.6 Å². The van der Waals surface area contributed by atoms with Crippen LogP contribution < -0.4 is 0 Å². The summed E-state index contributed by atoms with van der Waals surface area (Å²) in [5.74, 6) is 0. The maximum atomic E-state index is 11.1. The first kappa shape index (κ1) is 14.5. The minimum atomic E-state index is 0.0421. The number of carbonyl (C=O) groups excluding carboxylic acids is 2. The lowest BCUT2D eigenvalue weighted by Gasteiger charge is -2.11. The van der Waals surface area contributed by atoms with E-state index in [0.29, 0.717) is 39.3 Å². The Bertz CT molecular complexity index is 663. The van der Waals surface area contributed by atoms with Gasteiger partial charge in [0, 0.05) is 21.2 Å². The SMILES string of the molecule is O=CC(C=O)=C(c1ccc(Cl)cc1)c1ccccc1Cl. The standard InChI is InChI=1S/C16H10Cl2O2/c17-13-7-5-11(6-8-13)16(12(9-19)10-20)14-3-1-2-4-15(14)18/h1-10H. The molecule has 2 rings (SSSR count). The largest absolute Gasteiger partial charge is 0.298 e. The van der Waals surface area contributed by atoms with Crippen molar-refractivity contribution in [2.45, 2.75) is 0 Å². The topological polar surface area (TPSA) is 34.1 Å². The van der Waals surface area contributed by atoms with Gasteiger partial charge in [0.15, 0.2) is 12.6 Å². The summed E-state index contributed by atoms with van der Waals surface area (Å²) in [4.78, 5) is 22.3. The van der Waals surface area contributed by atoms with E-state index in [-0.39, 0.29) is 5.57 Å². The van der Waals surface area contributed by atoms with Crippen molar-refractivity contribution in [1.29, 1.82) is 0 Å². The molecule has 0 aliphatic rings. The molecule has 0 heterocycles. The second-order valence-electron chi connectivity index (χ2n) is 4.05. The van der Waals surface area contributed by atoms with Gasteiger partial charge in [0.1, 0.15) is 0 Å². The molecular formula is C16H10Cl2O2. The summed E-state index contributed by atoms with van der Waals surface area (Å²) in [6.45, 7) is 0. The Morgan fingerprint density at radius 3 is 2.00 bits per heavy atom. The third-order valence-corrected chi connectivity index (χ3v) is 3.40. The summed E-state index contributed by atoms with van der Waals surface area (Å²) in [7, 11) is 0. The molecule has 0 saturated heterocycles. The van der Waals surface area contributed by atoms with Crippen LogP contribution >= 0.6 is 23.2 Å². The van der Waals surface area contributed by atoms with Crippen molar-refractivity contribution in [3.63, 3.8) is 0 Å². The van der Waals surface area contributed by atoms with E-state index in [1.807, 2.05) is 0 Å². The van der Waals surface area contributed by atoms with Crippen LogP contribution in [0.15, 0.2) is 54.1 Å². The molecule has 0 N–H and O–H groups in total. The molecule has 2 nitrogen and oxygen atoms in total. The number of hydrogen-bond acceptors (Lipinski definition) is 2. The molecule has 0 amide bonds. The van der Waals surface area contributed by atoms with E-state index in [4.69, 9.17) is 23.2 Å². The minimum absolute atomic E-state index is 0.0421. The van der Waals surface area contributed by atoms with Crippen molar-refractivity contribution >= 4 is 41.3 Å². The first-order chi connectivity index (χ1) is 9.67. The molecule has 2 aromatic rings. The quantitative estimate of drug-likeness (QED) is 0.367. The predicted octanol–water partition coefficient (Wildman–Crippen LogP) is 4.19. The van der Waals surface area contributed by atoms with E-state index >= 15 is 0 Å². The average molecular weight is 305 g/mol. The van der Waals surface area contributed by atoms with Gasteiger partial charge < -0.3 is 0 Å². The molecule has 0 bridgehead atoms. The smallest absolute Gasteiger partial charge is 0.153 e. The number of benzene rings is 2. The van der Waals surface area contributed by atoms with Crippen molar-refractivity contribution < 1.29 is 9.59 Å². The van der Waals surface area contributed by atoms with Gasteiger partial charge in [-0.05, 0) is 23.8 Å². The molecular weight excluding hydrogens is 295 g/mol. The summed E-state index contributed by atoms with van der Waals surface area (Å²) in [5, 5.41) is 1.05. The Morgan fingerprint density at radius 1 is 0.850 bits per heavy atom. The molecule has 0 aliphatic heterocycles. The van der Waals surface area contributed by atoms with Crippen LogP contribution in [0.4, 0.5) is 0 Å². The van der Waals surface area contributed by atoms with E-state index in [1.54, 1.807) is 48.5 Å². The molecule has 0 aliphatic carbocycles. The van der Waals surface area contributed by atoms with Crippen molar-refractivity contribution in [2.75, 3.05) is 0 Å². The van der Waals surface area contributed by atoms with Gasteiger partial charge in [0.05, 0.1) is 5.57 Å². The lowest BCUT2D eigenvalue weighted by molar-refractivity contribution is -0.109. The Hall–Kier alpha value is -1.90. The van der Waals surface area contributed by atoms with Gasteiger partial charge in [-0.25, -0.2) is 0 Å². The van der Waals surface area contributed by atoms with Gasteiger partial charge in [-0.15, -0.1) is 0 Å². The van der Waals surface area contributed by atoms with Gasteiger partial charge in [-0.3, -0.25) is 9.59 Å². The zero-order valence-electron chi connectivity index (χ0n) is 10.3. The monoisotopic (exact) mass is 304 g/mol. The third kappa shape index (κ3) is 2.98. The van der Waals surface area contributed by atoms with Crippen molar-refractivity contribution in [3.8, 4) is 0 Å². The second kappa shape index (κ2) is 6.51. The van der Waals surface area contributed by atoms with Crippen LogP contribution in [0.2, 0.25) is 10.0 Å². The van der Waals surface area contributed by atoms with Crippen LogP contribution in [0.25, 0.3) is 5.57 Å². The van der Waals surface area contributed by atoms with Crippen LogP contribution in [-0.2, 0) is 9.59 Å². The zero-order valence-corrected chi connectivity index (χ0v) is 11.9. The average Bonchev–Trinajstić information content (AvgIpc) is 2.47. The zero-order chi connectivity index (χ0) is 14.5. The molecule has 4 heteroatoms. The number of aldehydes is 2. The molecule has 0 fully saturated rings. The van der Waals surface area contributed by atoms with E-state index in [0.717, 1.165) is 0 Å². The summed E-state index contributed by atoms with van der Waals surface area (Å²) >= 11 is 12.0. The minimum Gasteiger partial charge on any atom is -0.298 e. The van der Waals surface area contributed by atoms with E-state index in [2.05, 4.69) is 0 Å². The maximum Gasteiger partial charge on any atom is 0.153 e. The molecule has 0 saturated carbocycles. The highest BCUT2D eigenvalue weighted by atomic mass is 35.5. The van der Waals surface area contributed by atoms with Crippen molar-refractivity contribution in [3.05, 3.63) is 75.3 Å².